The predicted octanol–water partition coefficient (Wildman–Crippen LogP) is 0.890. The van der Waals surface area contributed by atoms with E-state index in [9.17, 15) is 14.7 Å². The van der Waals surface area contributed by atoms with Crippen LogP contribution in [0.1, 0.15) is 33.1 Å². The maximum atomic E-state index is 10.7. The first kappa shape index (κ1) is 14.0. The van der Waals surface area contributed by atoms with Crippen LogP contribution in [0.5, 0.6) is 0 Å². The minimum Gasteiger partial charge on any atom is -0.466 e. The molecule has 0 amide bonds. The summed E-state index contributed by atoms with van der Waals surface area (Å²) in [4.78, 5) is 21.4. The standard InChI is InChI=1S/C12H20O5/c1-8(13)16-6-5-10-3-4-12(15)11(10)7-17-9(2)14/h10-12,15H,3-7H2,1-2H3/t10-,11+,12-/m1/s1. The van der Waals surface area contributed by atoms with Crippen molar-refractivity contribution >= 4 is 11.9 Å². The molecule has 3 atom stereocenters. The van der Waals surface area contributed by atoms with Crippen LogP contribution in [-0.2, 0) is 19.1 Å². The van der Waals surface area contributed by atoms with Crippen molar-refractivity contribution in [1.29, 1.82) is 0 Å². The Labute approximate surface area is 101 Å². The summed E-state index contributed by atoms with van der Waals surface area (Å²) in [5.74, 6) is -0.402. The van der Waals surface area contributed by atoms with Gasteiger partial charge in [0.15, 0.2) is 0 Å². The fourth-order valence-electron chi connectivity index (χ4n) is 2.30. The van der Waals surface area contributed by atoms with E-state index in [1.54, 1.807) is 0 Å². The molecule has 0 spiro atoms. The Morgan fingerprint density at radius 2 is 1.82 bits per heavy atom. The maximum Gasteiger partial charge on any atom is 0.302 e. The third kappa shape index (κ3) is 4.73. The number of hydrogen-bond donors (Lipinski definition) is 1. The van der Waals surface area contributed by atoms with E-state index < -0.39 is 6.10 Å². The molecule has 5 heteroatoms. The summed E-state index contributed by atoms with van der Waals surface area (Å²) in [5.41, 5.74) is 0. The van der Waals surface area contributed by atoms with E-state index in [0.29, 0.717) is 13.0 Å². The SMILES string of the molecule is CC(=O)OCC[C@H]1CC[C@@H](O)[C@H]1COC(C)=O. The Morgan fingerprint density at radius 3 is 2.41 bits per heavy atom. The van der Waals surface area contributed by atoms with E-state index in [2.05, 4.69) is 0 Å². The topological polar surface area (TPSA) is 72.8 Å². The zero-order valence-corrected chi connectivity index (χ0v) is 10.3. The molecule has 1 N–H and O–H groups in total. The molecule has 98 valence electrons. The predicted molar refractivity (Wildman–Crippen MR) is 60.1 cm³/mol. The second-order valence-corrected chi connectivity index (χ2v) is 4.50. The highest BCUT2D eigenvalue weighted by Crippen LogP contribution is 2.34. The molecule has 0 aromatic heterocycles. The van der Waals surface area contributed by atoms with Crippen molar-refractivity contribution in [2.24, 2.45) is 11.8 Å². The largest absolute Gasteiger partial charge is 0.466 e. The van der Waals surface area contributed by atoms with Gasteiger partial charge in [0.2, 0.25) is 0 Å². The minimum atomic E-state index is -0.420. The summed E-state index contributed by atoms with van der Waals surface area (Å²) in [7, 11) is 0. The lowest BCUT2D eigenvalue weighted by Crippen LogP contribution is -2.26. The summed E-state index contributed by atoms with van der Waals surface area (Å²) in [5, 5.41) is 9.78. The summed E-state index contributed by atoms with van der Waals surface area (Å²) in [6.07, 6.45) is 1.89. The Morgan fingerprint density at radius 1 is 1.18 bits per heavy atom. The summed E-state index contributed by atoms with van der Waals surface area (Å²) in [6, 6.07) is 0. The number of carbonyl (C=O) groups excluding carboxylic acids is 2. The zero-order valence-electron chi connectivity index (χ0n) is 10.3. The molecule has 1 rings (SSSR count). The van der Waals surface area contributed by atoms with Gasteiger partial charge in [0.25, 0.3) is 0 Å². The van der Waals surface area contributed by atoms with Gasteiger partial charge in [0.05, 0.1) is 19.3 Å². The molecule has 0 aromatic carbocycles. The van der Waals surface area contributed by atoms with E-state index >= 15 is 0 Å². The average molecular weight is 244 g/mol. The number of ether oxygens (including phenoxy) is 2. The highest BCUT2D eigenvalue weighted by Gasteiger charge is 2.35. The van der Waals surface area contributed by atoms with E-state index in [1.807, 2.05) is 0 Å². The molecule has 0 unspecified atom stereocenters. The van der Waals surface area contributed by atoms with Gasteiger partial charge in [-0.15, -0.1) is 0 Å². The van der Waals surface area contributed by atoms with Crippen molar-refractivity contribution in [1.82, 2.24) is 0 Å². The fraction of sp³-hybridized carbons (Fsp3) is 0.833. The lowest BCUT2D eigenvalue weighted by molar-refractivity contribution is -0.143. The maximum absolute atomic E-state index is 10.7. The molecule has 1 aliphatic rings. The summed E-state index contributed by atoms with van der Waals surface area (Å²) in [6.45, 7) is 3.35. The smallest absolute Gasteiger partial charge is 0.302 e. The number of carbonyl (C=O) groups is 2. The Kier molecular flexibility index (Phi) is 5.41. The van der Waals surface area contributed by atoms with Crippen molar-refractivity contribution in [2.45, 2.75) is 39.2 Å². The van der Waals surface area contributed by atoms with Gasteiger partial charge in [-0.1, -0.05) is 0 Å². The fourth-order valence-corrected chi connectivity index (χ4v) is 2.30. The van der Waals surface area contributed by atoms with Gasteiger partial charge in [-0.05, 0) is 25.2 Å². The van der Waals surface area contributed by atoms with Crippen LogP contribution in [0.15, 0.2) is 0 Å². The lowest BCUT2D eigenvalue weighted by atomic mass is 9.93. The minimum absolute atomic E-state index is 0.0329. The molecule has 17 heavy (non-hydrogen) atoms. The molecule has 0 saturated heterocycles. The molecule has 0 radical (unpaired) electrons. The van der Waals surface area contributed by atoms with Gasteiger partial charge in [0, 0.05) is 19.8 Å². The van der Waals surface area contributed by atoms with Crippen LogP contribution in [0.3, 0.4) is 0 Å². The van der Waals surface area contributed by atoms with E-state index in [4.69, 9.17) is 9.47 Å². The molecule has 1 saturated carbocycles. The van der Waals surface area contributed by atoms with Gasteiger partial charge in [0.1, 0.15) is 0 Å². The third-order valence-corrected chi connectivity index (χ3v) is 3.21. The number of esters is 2. The number of rotatable bonds is 5. The van der Waals surface area contributed by atoms with Crippen molar-refractivity contribution in [2.75, 3.05) is 13.2 Å². The van der Waals surface area contributed by atoms with Crippen LogP contribution in [0, 0.1) is 11.8 Å². The molecule has 0 aromatic rings. The Hall–Kier alpha value is -1.10. The first-order valence-corrected chi connectivity index (χ1v) is 5.95. The number of hydrogen-bond acceptors (Lipinski definition) is 5. The molecule has 0 bridgehead atoms. The van der Waals surface area contributed by atoms with Crippen molar-refractivity contribution in [3.63, 3.8) is 0 Å². The van der Waals surface area contributed by atoms with Crippen LogP contribution >= 0.6 is 0 Å². The second-order valence-electron chi connectivity index (χ2n) is 4.50. The van der Waals surface area contributed by atoms with Crippen molar-refractivity contribution in [3.8, 4) is 0 Å². The summed E-state index contributed by atoms with van der Waals surface area (Å²) < 4.78 is 9.83. The Balaban J connectivity index is 2.35. The molecule has 1 fully saturated rings. The van der Waals surface area contributed by atoms with Gasteiger partial charge in [-0.25, -0.2) is 0 Å². The molecule has 0 aliphatic heterocycles. The lowest BCUT2D eigenvalue weighted by Gasteiger charge is -2.21. The van der Waals surface area contributed by atoms with Crippen LogP contribution in [0.25, 0.3) is 0 Å². The Bertz CT molecular complexity index is 276. The van der Waals surface area contributed by atoms with Crippen LogP contribution in [-0.4, -0.2) is 36.4 Å². The van der Waals surface area contributed by atoms with Crippen molar-refractivity contribution < 1.29 is 24.2 Å². The zero-order chi connectivity index (χ0) is 12.8. The van der Waals surface area contributed by atoms with E-state index in [0.717, 1.165) is 12.8 Å². The van der Waals surface area contributed by atoms with Gasteiger partial charge < -0.3 is 14.6 Å². The highest BCUT2D eigenvalue weighted by atomic mass is 16.5. The number of aliphatic hydroxyl groups is 1. The number of aliphatic hydroxyl groups excluding tert-OH is 1. The average Bonchev–Trinajstić information content (AvgIpc) is 2.56. The quantitative estimate of drug-likeness (QED) is 0.727. The molecular formula is C12H20O5. The first-order chi connectivity index (χ1) is 8.00. The van der Waals surface area contributed by atoms with Crippen LogP contribution in [0.2, 0.25) is 0 Å². The van der Waals surface area contributed by atoms with Crippen molar-refractivity contribution in [3.05, 3.63) is 0 Å². The molecule has 1 aliphatic carbocycles. The molecular weight excluding hydrogens is 224 g/mol. The highest BCUT2D eigenvalue weighted by molar-refractivity contribution is 5.66. The van der Waals surface area contributed by atoms with Gasteiger partial charge in [-0.3, -0.25) is 9.59 Å². The van der Waals surface area contributed by atoms with Gasteiger partial charge in [-0.2, -0.15) is 0 Å². The second kappa shape index (κ2) is 6.59. The summed E-state index contributed by atoms with van der Waals surface area (Å²) >= 11 is 0. The normalized spacial score (nSPS) is 27.8. The van der Waals surface area contributed by atoms with Crippen LogP contribution < -0.4 is 0 Å². The third-order valence-electron chi connectivity index (χ3n) is 3.21. The molecule has 0 heterocycles. The van der Waals surface area contributed by atoms with Gasteiger partial charge >= 0.3 is 11.9 Å². The monoisotopic (exact) mass is 244 g/mol. The van der Waals surface area contributed by atoms with E-state index in [1.165, 1.54) is 13.8 Å². The van der Waals surface area contributed by atoms with E-state index in [-0.39, 0.29) is 30.4 Å². The van der Waals surface area contributed by atoms with Crippen LogP contribution in [0.4, 0.5) is 0 Å². The molecule has 5 nitrogen and oxygen atoms in total. The first-order valence-electron chi connectivity index (χ1n) is 5.95.